The molecule has 0 bridgehead atoms. The number of esters is 1. The molecule has 0 saturated carbocycles. The van der Waals surface area contributed by atoms with Crippen LogP contribution in [0.1, 0.15) is 17.8 Å². The van der Waals surface area contributed by atoms with Gasteiger partial charge in [-0.25, -0.2) is 13.8 Å². The molecule has 88 valence electrons. The van der Waals surface area contributed by atoms with Crippen molar-refractivity contribution in [3.05, 3.63) is 22.5 Å². The maximum atomic E-state index is 12.4. The second kappa shape index (κ2) is 5.07. The second-order valence-electron chi connectivity index (χ2n) is 2.87. The molecule has 1 aromatic rings. The number of carbonyl (C=O) groups is 1. The van der Waals surface area contributed by atoms with Gasteiger partial charge in [0.1, 0.15) is 11.4 Å². The Bertz CT molecular complexity index is 412. The van der Waals surface area contributed by atoms with E-state index in [2.05, 4.69) is 9.72 Å². The number of hydrogen-bond acceptors (Lipinski definition) is 4. The zero-order chi connectivity index (χ0) is 12.3. The number of ether oxygens (including phenoxy) is 1. The summed E-state index contributed by atoms with van der Waals surface area (Å²) in [5.74, 6) is -1.35. The highest BCUT2D eigenvalue weighted by molar-refractivity contribution is 6.31. The van der Waals surface area contributed by atoms with Crippen LogP contribution in [0.5, 0.6) is 5.75 Å². The zero-order valence-electron chi connectivity index (χ0n) is 8.21. The van der Waals surface area contributed by atoms with Crippen molar-refractivity contribution < 1.29 is 23.4 Å². The monoisotopic (exact) mass is 251 g/mol. The molecule has 4 nitrogen and oxygen atoms in total. The SMILES string of the molecule is COC(=O)Cc1nc(C(F)F)c(O)cc1Cl. The number of alkyl halides is 2. The van der Waals surface area contributed by atoms with Gasteiger partial charge in [-0.1, -0.05) is 11.6 Å². The molecule has 0 saturated heterocycles. The fourth-order valence-corrected chi connectivity index (χ4v) is 1.24. The van der Waals surface area contributed by atoms with Crippen molar-refractivity contribution in [3.8, 4) is 5.75 Å². The summed E-state index contributed by atoms with van der Waals surface area (Å²) in [5, 5.41) is 9.07. The average Bonchev–Trinajstić information content (AvgIpc) is 2.21. The minimum Gasteiger partial charge on any atom is -0.506 e. The first-order valence-corrected chi connectivity index (χ1v) is 4.56. The van der Waals surface area contributed by atoms with Gasteiger partial charge in [0.15, 0.2) is 0 Å². The molecule has 1 rings (SSSR count). The highest BCUT2D eigenvalue weighted by atomic mass is 35.5. The fourth-order valence-electron chi connectivity index (χ4n) is 1.03. The molecule has 0 atom stereocenters. The van der Waals surface area contributed by atoms with Crippen LogP contribution >= 0.6 is 11.6 Å². The number of nitrogens with zero attached hydrogens (tertiary/aromatic N) is 1. The Morgan fingerprint density at radius 1 is 1.69 bits per heavy atom. The van der Waals surface area contributed by atoms with Crippen LogP contribution in [0, 0.1) is 0 Å². The summed E-state index contributed by atoms with van der Waals surface area (Å²) in [4.78, 5) is 14.4. The van der Waals surface area contributed by atoms with Gasteiger partial charge in [-0.3, -0.25) is 4.79 Å². The lowest BCUT2D eigenvalue weighted by atomic mass is 10.2. The van der Waals surface area contributed by atoms with E-state index in [0.717, 1.165) is 13.2 Å². The number of rotatable bonds is 3. The van der Waals surface area contributed by atoms with Gasteiger partial charge in [0.25, 0.3) is 6.43 Å². The molecule has 0 aromatic carbocycles. The normalized spacial score (nSPS) is 10.6. The largest absolute Gasteiger partial charge is 0.506 e. The average molecular weight is 252 g/mol. The van der Waals surface area contributed by atoms with Gasteiger partial charge in [-0.15, -0.1) is 0 Å². The summed E-state index contributed by atoms with van der Waals surface area (Å²) in [5.41, 5.74) is -0.857. The molecule has 0 radical (unpaired) electrons. The number of halogens is 3. The standard InChI is InChI=1S/C9H8ClF2NO3/c1-16-7(15)3-5-4(10)2-6(14)8(13-5)9(11)12/h2,9,14H,3H2,1H3. The van der Waals surface area contributed by atoms with Crippen LogP contribution < -0.4 is 0 Å². The van der Waals surface area contributed by atoms with Crippen molar-refractivity contribution in [3.63, 3.8) is 0 Å². The van der Waals surface area contributed by atoms with E-state index in [-0.39, 0.29) is 17.1 Å². The molecule has 0 amide bonds. The lowest BCUT2D eigenvalue weighted by Gasteiger charge is -2.07. The summed E-state index contributed by atoms with van der Waals surface area (Å²) in [6.45, 7) is 0. The van der Waals surface area contributed by atoms with E-state index in [0.29, 0.717) is 0 Å². The summed E-state index contributed by atoms with van der Waals surface area (Å²) in [6, 6.07) is 0.925. The first-order valence-electron chi connectivity index (χ1n) is 4.19. The lowest BCUT2D eigenvalue weighted by molar-refractivity contribution is -0.139. The Morgan fingerprint density at radius 3 is 2.81 bits per heavy atom. The van der Waals surface area contributed by atoms with Crippen LogP contribution in [0.25, 0.3) is 0 Å². The lowest BCUT2D eigenvalue weighted by Crippen LogP contribution is -2.08. The first-order chi connectivity index (χ1) is 7.45. The number of carbonyl (C=O) groups excluding carboxylic acids is 1. The second-order valence-corrected chi connectivity index (χ2v) is 3.28. The van der Waals surface area contributed by atoms with Crippen LogP contribution in [0.15, 0.2) is 6.07 Å². The minimum absolute atomic E-state index is 0.0541. The smallest absolute Gasteiger partial charge is 0.311 e. The maximum absolute atomic E-state index is 12.4. The van der Waals surface area contributed by atoms with E-state index in [1.54, 1.807) is 0 Å². The molecule has 0 aliphatic rings. The van der Waals surface area contributed by atoms with E-state index in [1.807, 2.05) is 0 Å². The molecule has 0 spiro atoms. The molecular weight excluding hydrogens is 244 g/mol. The summed E-state index contributed by atoms with van der Waals surface area (Å²) >= 11 is 5.63. The molecule has 0 aliphatic heterocycles. The molecule has 7 heteroatoms. The van der Waals surface area contributed by atoms with E-state index in [1.165, 1.54) is 0 Å². The predicted molar refractivity (Wildman–Crippen MR) is 51.6 cm³/mol. The van der Waals surface area contributed by atoms with E-state index in [9.17, 15) is 13.6 Å². The number of aromatic hydroxyl groups is 1. The quantitative estimate of drug-likeness (QED) is 0.836. The van der Waals surface area contributed by atoms with Gasteiger partial charge in [-0.05, 0) is 0 Å². The van der Waals surface area contributed by atoms with Gasteiger partial charge in [0, 0.05) is 6.07 Å². The zero-order valence-corrected chi connectivity index (χ0v) is 8.96. The van der Waals surface area contributed by atoms with E-state index < -0.39 is 23.8 Å². The molecular formula is C9H8ClF2NO3. The van der Waals surface area contributed by atoms with Gasteiger partial charge in [0.2, 0.25) is 0 Å². The maximum Gasteiger partial charge on any atom is 0.311 e. The molecule has 0 fully saturated rings. The van der Waals surface area contributed by atoms with Crippen LogP contribution in [-0.4, -0.2) is 23.2 Å². The van der Waals surface area contributed by atoms with E-state index >= 15 is 0 Å². The Labute approximate surface area is 94.8 Å². The fraction of sp³-hybridized carbons (Fsp3) is 0.333. The third-order valence-electron chi connectivity index (χ3n) is 1.80. The number of hydrogen-bond donors (Lipinski definition) is 1. The Balaban J connectivity index is 3.09. The number of methoxy groups -OCH3 is 1. The van der Waals surface area contributed by atoms with Crippen LogP contribution in [-0.2, 0) is 16.0 Å². The van der Waals surface area contributed by atoms with Crippen LogP contribution in [0.2, 0.25) is 5.02 Å². The Kier molecular flexibility index (Phi) is 4.00. The molecule has 1 heterocycles. The number of aromatic nitrogens is 1. The van der Waals surface area contributed by atoms with Crippen molar-refractivity contribution >= 4 is 17.6 Å². The van der Waals surface area contributed by atoms with E-state index in [4.69, 9.17) is 16.7 Å². The van der Waals surface area contributed by atoms with Gasteiger partial charge in [0.05, 0.1) is 24.2 Å². The Hall–Kier alpha value is -1.43. The van der Waals surface area contributed by atoms with Gasteiger partial charge in [-0.2, -0.15) is 0 Å². The van der Waals surface area contributed by atoms with Crippen molar-refractivity contribution in [1.82, 2.24) is 4.98 Å². The van der Waals surface area contributed by atoms with Crippen molar-refractivity contribution in [2.24, 2.45) is 0 Å². The highest BCUT2D eigenvalue weighted by Crippen LogP contribution is 2.30. The van der Waals surface area contributed by atoms with Crippen LogP contribution in [0.4, 0.5) is 8.78 Å². The molecule has 1 aromatic heterocycles. The first kappa shape index (κ1) is 12.6. The number of pyridine rings is 1. The van der Waals surface area contributed by atoms with Crippen molar-refractivity contribution in [1.29, 1.82) is 0 Å². The summed E-state index contributed by atoms with van der Waals surface area (Å²) in [7, 11) is 1.16. The third kappa shape index (κ3) is 2.79. The van der Waals surface area contributed by atoms with Crippen molar-refractivity contribution in [2.45, 2.75) is 12.8 Å². The molecule has 1 N–H and O–H groups in total. The van der Waals surface area contributed by atoms with Gasteiger partial charge < -0.3 is 9.84 Å². The molecule has 16 heavy (non-hydrogen) atoms. The third-order valence-corrected chi connectivity index (χ3v) is 2.13. The van der Waals surface area contributed by atoms with Crippen molar-refractivity contribution in [2.75, 3.05) is 7.11 Å². The molecule has 0 aliphatic carbocycles. The Morgan fingerprint density at radius 2 is 2.31 bits per heavy atom. The minimum atomic E-state index is -2.94. The summed E-state index contributed by atoms with van der Waals surface area (Å²) in [6.07, 6.45) is -3.26. The predicted octanol–water partition coefficient (Wildman–Crippen LogP) is 2.09. The molecule has 0 unspecified atom stereocenters. The van der Waals surface area contributed by atoms with Crippen LogP contribution in [0.3, 0.4) is 0 Å². The van der Waals surface area contributed by atoms with Gasteiger partial charge >= 0.3 is 5.97 Å². The highest BCUT2D eigenvalue weighted by Gasteiger charge is 2.19. The summed E-state index contributed by atoms with van der Waals surface area (Å²) < 4.78 is 29.1. The topological polar surface area (TPSA) is 59.4 Å².